The van der Waals surface area contributed by atoms with Gasteiger partial charge in [0.15, 0.2) is 17.5 Å². The SMILES string of the molecule is c1ccc(-c2ccccc2-c2cccc(-c3nc(-c4ccc(-n5c6ccccc6c6ccc(-c7ccc8c(c7)c7ccccc7n8-c7ccccc7)cc65)cc4)nc(-c4cccc(-n5c6ccccc6c6ccc(-c7ccc8c(c7)c7ccccc7n8-c7ccccc7)cc65)c4)n3)c2)cc1. The highest BCUT2D eigenvalue weighted by molar-refractivity contribution is 6.15. The van der Waals surface area contributed by atoms with Gasteiger partial charge in [-0.1, -0.05) is 231 Å². The van der Waals surface area contributed by atoms with Gasteiger partial charge in [0.2, 0.25) is 0 Å². The maximum atomic E-state index is 5.46. The smallest absolute Gasteiger partial charge is 0.164 e. The zero-order valence-corrected chi connectivity index (χ0v) is 54.2. The molecule has 100 heavy (non-hydrogen) atoms. The Labute approximate surface area is 576 Å². The highest BCUT2D eigenvalue weighted by Crippen LogP contribution is 2.43. The van der Waals surface area contributed by atoms with Crippen molar-refractivity contribution in [2.24, 2.45) is 0 Å². The molecule has 0 saturated heterocycles. The van der Waals surface area contributed by atoms with E-state index >= 15 is 0 Å². The molecule has 20 aromatic rings. The second-order valence-corrected chi connectivity index (χ2v) is 25.9. The molecular weight excluding hydrogens is 1220 g/mol. The minimum atomic E-state index is 0.572. The van der Waals surface area contributed by atoms with Crippen LogP contribution in [0, 0.1) is 0 Å². The number of hydrogen-bond acceptors (Lipinski definition) is 3. The second kappa shape index (κ2) is 23.1. The van der Waals surface area contributed by atoms with E-state index in [9.17, 15) is 0 Å². The molecule has 0 unspecified atom stereocenters. The van der Waals surface area contributed by atoms with E-state index in [0.717, 1.165) is 106 Å². The third kappa shape index (κ3) is 9.32. The van der Waals surface area contributed by atoms with Gasteiger partial charge in [0, 0.05) is 82.5 Å². The maximum absolute atomic E-state index is 5.46. The second-order valence-electron chi connectivity index (χ2n) is 25.9. The Bertz CT molecular complexity index is 6630. The number of aromatic nitrogens is 7. The first kappa shape index (κ1) is 56.8. The van der Waals surface area contributed by atoms with Crippen LogP contribution in [0.1, 0.15) is 0 Å². The van der Waals surface area contributed by atoms with Gasteiger partial charge in [-0.05, 0) is 172 Å². The van der Waals surface area contributed by atoms with Crippen LogP contribution in [0.3, 0.4) is 0 Å². The standard InChI is InChI=1S/C93H59N7/c1-4-22-60(23-5-1)73-32-10-11-33-74(73)66-24-20-25-67(54-66)92-94-91(61-42-48-71(49-43-61)99-83-38-16-12-34-75(83)79-50-44-64(58-89(79)99)62-46-52-87-81(56-62)77-36-14-18-40-85(77)97(87)69-27-6-2-7-28-69)95-93(96-92)68-26-21-31-72(55-68)100-84-39-17-13-35-76(84)80-51-45-65(59-90(80)100)63-47-53-88-82(57-63)78-37-15-19-41-86(78)98(88)70-29-8-3-9-30-70/h1-59H. The number of benzene rings is 15. The van der Waals surface area contributed by atoms with Crippen molar-refractivity contribution >= 4 is 87.2 Å². The lowest BCUT2D eigenvalue weighted by molar-refractivity contribution is 1.07. The molecule has 0 amide bonds. The normalized spacial score (nSPS) is 11.8. The number of fused-ring (bicyclic) bond motifs is 12. The molecule has 15 aromatic carbocycles. The van der Waals surface area contributed by atoms with Crippen LogP contribution < -0.4 is 0 Å². The van der Waals surface area contributed by atoms with Gasteiger partial charge in [-0.3, -0.25) is 0 Å². The summed E-state index contributed by atoms with van der Waals surface area (Å²) in [7, 11) is 0. The Balaban J connectivity index is 0.713. The van der Waals surface area contributed by atoms with E-state index in [2.05, 4.69) is 376 Å². The lowest BCUT2D eigenvalue weighted by Crippen LogP contribution is -2.02. The quantitative estimate of drug-likeness (QED) is 0.130. The third-order valence-corrected chi connectivity index (χ3v) is 20.2. The number of para-hydroxylation sites is 6. The molecule has 0 fully saturated rings. The Morgan fingerprint density at radius 1 is 0.150 bits per heavy atom. The highest BCUT2D eigenvalue weighted by Gasteiger charge is 2.22. The average Bonchev–Trinajstić information content (AvgIpc) is 1.57. The van der Waals surface area contributed by atoms with E-state index in [1.807, 2.05) is 0 Å². The summed E-state index contributed by atoms with van der Waals surface area (Å²) in [6, 6.07) is 129. The van der Waals surface area contributed by atoms with Crippen molar-refractivity contribution < 1.29 is 0 Å². The van der Waals surface area contributed by atoms with E-state index < -0.39 is 0 Å². The Kier molecular flexibility index (Phi) is 13.1. The molecule has 0 aliphatic carbocycles. The van der Waals surface area contributed by atoms with Gasteiger partial charge >= 0.3 is 0 Å². The number of hydrogen-bond donors (Lipinski definition) is 0. The summed E-state index contributed by atoms with van der Waals surface area (Å²) in [5.74, 6) is 1.73. The van der Waals surface area contributed by atoms with Crippen molar-refractivity contribution in [1.29, 1.82) is 0 Å². The van der Waals surface area contributed by atoms with Crippen molar-refractivity contribution in [1.82, 2.24) is 33.2 Å². The van der Waals surface area contributed by atoms with Crippen LogP contribution >= 0.6 is 0 Å². The first-order valence-electron chi connectivity index (χ1n) is 34.1. The molecule has 5 aromatic heterocycles. The summed E-state index contributed by atoms with van der Waals surface area (Å²) >= 11 is 0. The van der Waals surface area contributed by atoms with Crippen molar-refractivity contribution in [2.75, 3.05) is 0 Å². The van der Waals surface area contributed by atoms with Crippen LogP contribution in [0.5, 0.6) is 0 Å². The molecule has 466 valence electrons. The molecule has 0 bridgehead atoms. The first-order valence-corrected chi connectivity index (χ1v) is 34.1. The fourth-order valence-corrected chi connectivity index (χ4v) is 15.6. The Morgan fingerprint density at radius 3 is 0.970 bits per heavy atom. The molecule has 20 rings (SSSR count). The molecule has 7 heteroatoms. The maximum Gasteiger partial charge on any atom is 0.164 e. The summed E-state index contributed by atoms with van der Waals surface area (Å²) in [5, 5.41) is 9.63. The highest BCUT2D eigenvalue weighted by atomic mass is 15.0. The van der Waals surface area contributed by atoms with E-state index in [1.54, 1.807) is 0 Å². The molecule has 0 N–H and O–H groups in total. The predicted molar refractivity (Wildman–Crippen MR) is 415 cm³/mol. The minimum Gasteiger partial charge on any atom is -0.309 e. The molecule has 0 spiro atoms. The van der Waals surface area contributed by atoms with Gasteiger partial charge in [-0.2, -0.15) is 0 Å². The van der Waals surface area contributed by atoms with Gasteiger partial charge in [0.25, 0.3) is 0 Å². The molecule has 0 radical (unpaired) electrons. The van der Waals surface area contributed by atoms with Crippen LogP contribution in [-0.2, 0) is 0 Å². The van der Waals surface area contributed by atoms with Crippen LogP contribution in [0.2, 0.25) is 0 Å². The van der Waals surface area contributed by atoms with Crippen molar-refractivity contribution in [2.45, 2.75) is 0 Å². The lowest BCUT2D eigenvalue weighted by Gasteiger charge is -2.14. The number of rotatable bonds is 11. The van der Waals surface area contributed by atoms with Gasteiger partial charge in [-0.25, -0.2) is 15.0 Å². The van der Waals surface area contributed by atoms with Gasteiger partial charge < -0.3 is 18.3 Å². The fourth-order valence-electron chi connectivity index (χ4n) is 15.6. The molecule has 5 heterocycles. The fraction of sp³-hybridized carbons (Fsp3) is 0. The summed E-state index contributed by atoms with van der Waals surface area (Å²) in [6.45, 7) is 0. The monoisotopic (exact) mass is 1270 g/mol. The first-order chi connectivity index (χ1) is 49.6. The largest absolute Gasteiger partial charge is 0.309 e. The summed E-state index contributed by atoms with van der Waals surface area (Å²) in [5.41, 5.74) is 25.3. The van der Waals surface area contributed by atoms with E-state index in [-0.39, 0.29) is 0 Å². The lowest BCUT2D eigenvalue weighted by atomic mass is 9.94. The predicted octanol–water partition coefficient (Wildman–Crippen LogP) is 23.9. The van der Waals surface area contributed by atoms with Crippen LogP contribution in [-0.4, -0.2) is 33.2 Å². The van der Waals surface area contributed by atoms with Gasteiger partial charge in [0.05, 0.1) is 44.1 Å². The molecule has 0 saturated carbocycles. The molecule has 0 aliphatic rings. The van der Waals surface area contributed by atoms with Crippen molar-refractivity contribution in [3.63, 3.8) is 0 Å². The summed E-state index contributed by atoms with van der Waals surface area (Å²) in [4.78, 5) is 16.3. The number of nitrogens with zero attached hydrogens (tertiary/aromatic N) is 7. The van der Waals surface area contributed by atoms with Crippen molar-refractivity contribution in [3.05, 3.63) is 358 Å². The Hall–Kier alpha value is -13.5. The van der Waals surface area contributed by atoms with E-state index in [1.165, 1.54) is 65.2 Å². The zero-order chi connectivity index (χ0) is 65.8. The van der Waals surface area contributed by atoms with E-state index in [0.29, 0.717) is 17.5 Å². The summed E-state index contributed by atoms with van der Waals surface area (Å²) < 4.78 is 9.54. The topological polar surface area (TPSA) is 58.4 Å². The molecule has 7 nitrogen and oxygen atoms in total. The zero-order valence-electron chi connectivity index (χ0n) is 54.2. The van der Waals surface area contributed by atoms with Crippen LogP contribution in [0.25, 0.3) is 189 Å². The summed E-state index contributed by atoms with van der Waals surface area (Å²) in [6.07, 6.45) is 0. The van der Waals surface area contributed by atoms with Crippen LogP contribution in [0.4, 0.5) is 0 Å². The molecule has 0 atom stereocenters. The molecular formula is C93H59N7. The average molecular weight is 1270 g/mol. The van der Waals surface area contributed by atoms with E-state index in [4.69, 9.17) is 15.0 Å². The van der Waals surface area contributed by atoms with Gasteiger partial charge in [-0.15, -0.1) is 0 Å². The van der Waals surface area contributed by atoms with Gasteiger partial charge in [0.1, 0.15) is 0 Å². The third-order valence-electron chi connectivity index (χ3n) is 20.2. The minimum absolute atomic E-state index is 0.572. The van der Waals surface area contributed by atoms with Crippen molar-refractivity contribution in [3.8, 4) is 101 Å². The Morgan fingerprint density at radius 2 is 0.460 bits per heavy atom. The van der Waals surface area contributed by atoms with Crippen LogP contribution in [0.15, 0.2) is 358 Å². The molecule has 0 aliphatic heterocycles.